The first-order chi connectivity index (χ1) is 13.2. The second-order valence-corrected chi connectivity index (χ2v) is 8.09. The molecule has 1 N–H and O–H groups in total. The second-order valence-electron chi connectivity index (χ2n) is 6.06. The molecule has 4 rings (SSSR count). The van der Waals surface area contributed by atoms with Crippen molar-refractivity contribution < 1.29 is 14.3 Å². The van der Waals surface area contributed by atoms with Gasteiger partial charge in [-0.15, -0.1) is 11.3 Å². The van der Waals surface area contributed by atoms with E-state index in [0.29, 0.717) is 35.3 Å². The number of likely N-dealkylation sites (tertiary alicyclic amines) is 1. The highest BCUT2D eigenvalue weighted by Crippen LogP contribution is 2.24. The Kier molecular flexibility index (Phi) is 5.17. The van der Waals surface area contributed by atoms with E-state index in [-0.39, 0.29) is 17.9 Å². The normalized spacial score (nSPS) is 13.9. The van der Waals surface area contributed by atoms with Crippen molar-refractivity contribution in [2.24, 2.45) is 0 Å². The largest absolute Gasteiger partial charge is 0.463 e. The van der Waals surface area contributed by atoms with Crippen LogP contribution in [0.25, 0.3) is 0 Å². The number of carbonyl (C=O) groups is 2. The zero-order valence-electron chi connectivity index (χ0n) is 14.3. The van der Waals surface area contributed by atoms with Gasteiger partial charge in [0.25, 0.3) is 17.0 Å². The highest BCUT2D eigenvalue weighted by Gasteiger charge is 2.33. The first-order valence-electron chi connectivity index (χ1n) is 8.46. The molecule has 27 heavy (non-hydrogen) atoms. The summed E-state index contributed by atoms with van der Waals surface area (Å²) in [6, 6.07) is 12.8. The summed E-state index contributed by atoms with van der Waals surface area (Å²) in [5, 5.41) is 5.38. The molecular weight excluding hydrogens is 382 g/mol. The third-order valence-electron chi connectivity index (χ3n) is 4.14. The Hall–Kier alpha value is -2.71. The Bertz CT molecular complexity index is 919. The lowest BCUT2D eigenvalue weighted by atomic mass is 10.1. The molecule has 1 aromatic carbocycles. The van der Waals surface area contributed by atoms with E-state index in [4.69, 9.17) is 4.74 Å². The third-order valence-corrected chi connectivity index (χ3v) is 5.88. The zero-order valence-corrected chi connectivity index (χ0v) is 16.0. The van der Waals surface area contributed by atoms with Gasteiger partial charge in [-0.2, -0.15) is 0 Å². The minimum absolute atomic E-state index is 0.000348. The van der Waals surface area contributed by atoms with E-state index < -0.39 is 0 Å². The van der Waals surface area contributed by atoms with Crippen molar-refractivity contribution in [1.82, 2.24) is 15.2 Å². The maximum Gasteiger partial charge on any atom is 0.273 e. The van der Waals surface area contributed by atoms with E-state index >= 15 is 0 Å². The van der Waals surface area contributed by atoms with Gasteiger partial charge in [0.2, 0.25) is 0 Å². The van der Waals surface area contributed by atoms with Crippen LogP contribution in [0.5, 0.6) is 5.19 Å². The van der Waals surface area contributed by atoms with E-state index in [1.54, 1.807) is 23.2 Å². The van der Waals surface area contributed by atoms with Crippen LogP contribution in [0.1, 0.15) is 24.9 Å². The van der Waals surface area contributed by atoms with Gasteiger partial charge in [-0.3, -0.25) is 9.59 Å². The summed E-state index contributed by atoms with van der Waals surface area (Å²) in [5.41, 5.74) is 0.622. The lowest BCUT2D eigenvalue weighted by molar-refractivity contribution is 0.0181. The van der Waals surface area contributed by atoms with Crippen LogP contribution in [0, 0.1) is 0 Å². The van der Waals surface area contributed by atoms with E-state index in [0.717, 1.165) is 4.88 Å². The lowest BCUT2D eigenvalue weighted by Gasteiger charge is -2.38. The molecule has 1 aliphatic rings. The molecule has 0 saturated carbocycles. The number of hydrogen-bond acceptors (Lipinski definition) is 6. The number of benzene rings is 1. The Morgan fingerprint density at radius 2 is 2.00 bits per heavy atom. The van der Waals surface area contributed by atoms with Gasteiger partial charge in [0.15, 0.2) is 0 Å². The predicted octanol–water partition coefficient (Wildman–Crippen LogP) is 3.04. The molecule has 3 heterocycles. The molecule has 2 amide bonds. The molecule has 8 heteroatoms. The smallest absolute Gasteiger partial charge is 0.273 e. The van der Waals surface area contributed by atoms with Crippen molar-refractivity contribution in [2.75, 3.05) is 13.1 Å². The number of carbonyl (C=O) groups excluding carboxylic acids is 2. The molecule has 2 aromatic heterocycles. The predicted molar refractivity (Wildman–Crippen MR) is 104 cm³/mol. The number of rotatable bonds is 6. The van der Waals surface area contributed by atoms with Crippen molar-refractivity contribution >= 4 is 34.5 Å². The summed E-state index contributed by atoms with van der Waals surface area (Å²) in [7, 11) is 0. The fourth-order valence-electron chi connectivity index (χ4n) is 2.69. The number of nitrogens with zero attached hydrogens (tertiary/aromatic N) is 2. The van der Waals surface area contributed by atoms with Crippen LogP contribution in [0.4, 0.5) is 0 Å². The summed E-state index contributed by atoms with van der Waals surface area (Å²) in [6.45, 7) is 1.54. The monoisotopic (exact) mass is 399 g/mol. The van der Waals surface area contributed by atoms with Crippen LogP contribution in [0.2, 0.25) is 0 Å². The highest BCUT2D eigenvalue weighted by molar-refractivity contribution is 7.14. The van der Waals surface area contributed by atoms with Crippen LogP contribution >= 0.6 is 22.7 Å². The molecule has 6 nitrogen and oxygen atoms in total. The van der Waals surface area contributed by atoms with Gasteiger partial charge in [-0.05, 0) is 24.3 Å². The van der Waals surface area contributed by atoms with E-state index in [2.05, 4.69) is 10.3 Å². The summed E-state index contributed by atoms with van der Waals surface area (Å²) in [4.78, 5) is 32.1. The average Bonchev–Trinajstić information content (AvgIpc) is 3.34. The first kappa shape index (κ1) is 17.7. The van der Waals surface area contributed by atoms with E-state index in [1.165, 1.54) is 22.7 Å². The number of aromatic nitrogens is 1. The van der Waals surface area contributed by atoms with Gasteiger partial charge >= 0.3 is 0 Å². The van der Waals surface area contributed by atoms with Crippen molar-refractivity contribution in [3.8, 4) is 5.19 Å². The minimum atomic E-state index is -0.123. The van der Waals surface area contributed by atoms with Gasteiger partial charge in [-0.1, -0.05) is 29.5 Å². The number of ether oxygens (including phenoxy) is 1. The third kappa shape index (κ3) is 4.17. The number of thiophene rings is 1. The standard InChI is InChI=1S/C19H17N3O3S2/c23-17(13-4-2-1-3-5-13)21-10-15-6-7-16(27-15)18(24)22-11-14(12-22)25-19-20-8-9-26-19/h1-9,14H,10-12H2,(H,21,23). The number of thiazole rings is 1. The maximum absolute atomic E-state index is 12.5. The molecule has 1 fully saturated rings. The van der Waals surface area contributed by atoms with Crippen LogP contribution in [0.15, 0.2) is 54.0 Å². The molecule has 0 atom stereocenters. The molecule has 0 unspecified atom stereocenters. The molecule has 3 aromatic rings. The number of nitrogens with one attached hydrogen (secondary N) is 1. The molecule has 1 saturated heterocycles. The molecule has 0 aliphatic carbocycles. The zero-order chi connectivity index (χ0) is 18.6. The van der Waals surface area contributed by atoms with Crippen molar-refractivity contribution in [3.63, 3.8) is 0 Å². The van der Waals surface area contributed by atoms with Gasteiger partial charge in [-0.25, -0.2) is 4.98 Å². The Morgan fingerprint density at radius 1 is 1.19 bits per heavy atom. The van der Waals surface area contributed by atoms with Crippen LogP contribution < -0.4 is 10.1 Å². The van der Waals surface area contributed by atoms with Crippen molar-refractivity contribution in [3.05, 3.63) is 69.4 Å². The van der Waals surface area contributed by atoms with Crippen molar-refractivity contribution in [2.45, 2.75) is 12.6 Å². The highest BCUT2D eigenvalue weighted by atomic mass is 32.1. The molecule has 0 spiro atoms. The van der Waals surface area contributed by atoms with Gasteiger partial charge < -0.3 is 15.0 Å². The van der Waals surface area contributed by atoms with Crippen LogP contribution in [0.3, 0.4) is 0 Å². The first-order valence-corrected chi connectivity index (χ1v) is 10.2. The Morgan fingerprint density at radius 3 is 2.74 bits per heavy atom. The van der Waals surface area contributed by atoms with Crippen LogP contribution in [-0.2, 0) is 6.54 Å². The number of hydrogen-bond donors (Lipinski definition) is 1. The summed E-state index contributed by atoms with van der Waals surface area (Å²) in [6.07, 6.45) is 1.70. The Labute approximate surface area is 164 Å². The molecule has 1 aliphatic heterocycles. The summed E-state index contributed by atoms with van der Waals surface area (Å²) in [5.74, 6) is -0.124. The molecule has 0 radical (unpaired) electrons. The summed E-state index contributed by atoms with van der Waals surface area (Å²) >= 11 is 2.85. The molecule has 0 bridgehead atoms. The average molecular weight is 399 g/mol. The molecular formula is C19H17N3O3S2. The van der Waals surface area contributed by atoms with Gasteiger partial charge in [0, 0.05) is 22.0 Å². The topological polar surface area (TPSA) is 71.5 Å². The fraction of sp³-hybridized carbons (Fsp3) is 0.211. The fourth-order valence-corrected chi connectivity index (χ4v) is 4.16. The minimum Gasteiger partial charge on any atom is -0.463 e. The second kappa shape index (κ2) is 7.89. The maximum atomic E-state index is 12.5. The summed E-state index contributed by atoms with van der Waals surface area (Å²) < 4.78 is 5.69. The van der Waals surface area contributed by atoms with E-state index in [1.807, 2.05) is 35.7 Å². The van der Waals surface area contributed by atoms with Crippen LogP contribution in [-0.4, -0.2) is 40.9 Å². The SMILES string of the molecule is O=C(NCc1ccc(C(=O)N2CC(Oc3nccs3)C2)s1)c1ccccc1. The van der Waals surface area contributed by atoms with Gasteiger partial charge in [0.1, 0.15) is 6.10 Å². The molecule has 138 valence electrons. The Balaban J connectivity index is 1.27. The van der Waals surface area contributed by atoms with E-state index in [9.17, 15) is 9.59 Å². The number of amides is 2. The lowest BCUT2D eigenvalue weighted by Crippen LogP contribution is -2.56. The van der Waals surface area contributed by atoms with Gasteiger partial charge in [0.05, 0.1) is 24.5 Å². The quantitative estimate of drug-likeness (QED) is 0.692. The van der Waals surface area contributed by atoms with Crippen molar-refractivity contribution in [1.29, 1.82) is 0 Å².